The number of anilines is 1. The Balaban J connectivity index is 2.09. The Morgan fingerprint density at radius 3 is 2.59 bits per heavy atom. The van der Waals surface area contributed by atoms with Gasteiger partial charge in [0.1, 0.15) is 11.4 Å². The molecule has 1 aliphatic rings. The highest BCUT2D eigenvalue weighted by Gasteiger charge is 2.35. The number of non-ortho nitro benzene ring substituents is 1. The molecule has 7 nitrogen and oxygen atoms in total. The normalized spacial score (nSPS) is 15.9. The zero-order valence-electron chi connectivity index (χ0n) is 13.3. The first kappa shape index (κ1) is 18.6. The van der Waals surface area contributed by atoms with Gasteiger partial charge in [0.15, 0.2) is 5.11 Å². The molecule has 0 atom stereocenters. The summed E-state index contributed by atoms with van der Waals surface area (Å²) in [5.41, 5.74) is -0.708. The predicted octanol–water partition coefficient (Wildman–Crippen LogP) is 3.22. The lowest BCUT2D eigenvalue weighted by atomic mass is 10.1. The summed E-state index contributed by atoms with van der Waals surface area (Å²) in [6.07, 6.45) is 1.10. The van der Waals surface area contributed by atoms with Crippen LogP contribution in [-0.2, 0) is 9.59 Å². The summed E-state index contributed by atoms with van der Waals surface area (Å²) in [5.74, 6) is -2.41. The molecule has 0 aromatic heterocycles. The highest BCUT2D eigenvalue weighted by Crippen LogP contribution is 2.28. The van der Waals surface area contributed by atoms with Gasteiger partial charge >= 0.3 is 0 Å². The number of thiocarbonyl (C=S) groups is 1. The molecule has 2 aromatic rings. The van der Waals surface area contributed by atoms with E-state index in [0.717, 1.165) is 23.1 Å². The van der Waals surface area contributed by atoms with Crippen LogP contribution in [0.3, 0.4) is 0 Å². The van der Waals surface area contributed by atoms with Crippen molar-refractivity contribution in [3.8, 4) is 0 Å². The Kier molecular flexibility index (Phi) is 4.98. The maximum Gasteiger partial charge on any atom is 0.270 e. The Morgan fingerprint density at radius 2 is 1.93 bits per heavy atom. The van der Waals surface area contributed by atoms with Crippen LogP contribution in [0, 0.1) is 15.9 Å². The molecule has 1 saturated heterocycles. The number of nitrogens with zero attached hydrogens (tertiary/aromatic N) is 2. The summed E-state index contributed by atoms with van der Waals surface area (Å²) < 4.78 is 14.1. The number of nitro groups is 1. The van der Waals surface area contributed by atoms with Gasteiger partial charge in [-0.25, -0.2) is 9.29 Å². The van der Waals surface area contributed by atoms with Crippen molar-refractivity contribution in [3.05, 3.63) is 74.6 Å². The molecule has 0 bridgehead atoms. The Morgan fingerprint density at radius 1 is 1.22 bits per heavy atom. The van der Waals surface area contributed by atoms with Crippen LogP contribution < -0.4 is 10.2 Å². The van der Waals surface area contributed by atoms with Gasteiger partial charge in [0, 0.05) is 22.7 Å². The lowest BCUT2D eigenvalue weighted by molar-refractivity contribution is -0.384. The molecular weight excluding hydrogens is 397 g/mol. The van der Waals surface area contributed by atoms with Crippen molar-refractivity contribution in [3.63, 3.8) is 0 Å². The molecule has 1 heterocycles. The quantitative estimate of drug-likeness (QED) is 0.278. The van der Waals surface area contributed by atoms with Gasteiger partial charge < -0.3 is 0 Å². The molecule has 0 spiro atoms. The van der Waals surface area contributed by atoms with E-state index in [9.17, 15) is 24.1 Å². The minimum Gasteiger partial charge on any atom is -0.298 e. The van der Waals surface area contributed by atoms with Crippen LogP contribution in [0.15, 0.2) is 48.0 Å². The maximum absolute atomic E-state index is 14.1. The van der Waals surface area contributed by atoms with Crippen LogP contribution in [0.2, 0.25) is 5.02 Å². The highest BCUT2D eigenvalue weighted by atomic mass is 35.5. The SMILES string of the molecule is O=C1NC(=S)N(c2ccccc2F)C(=O)/C1=C/c1cc([N+](=O)[O-])ccc1Cl. The van der Waals surface area contributed by atoms with E-state index in [0.29, 0.717) is 0 Å². The number of nitrogens with one attached hydrogen (secondary N) is 1. The number of para-hydroxylation sites is 1. The molecule has 0 saturated carbocycles. The minimum absolute atomic E-state index is 0.0886. The molecule has 0 unspecified atom stereocenters. The monoisotopic (exact) mass is 405 g/mol. The molecule has 0 radical (unpaired) electrons. The first-order valence-electron chi connectivity index (χ1n) is 7.39. The van der Waals surface area contributed by atoms with Crippen LogP contribution in [-0.4, -0.2) is 21.9 Å². The fourth-order valence-electron chi connectivity index (χ4n) is 2.42. The zero-order chi connectivity index (χ0) is 19.7. The van der Waals surface area contributed by atoms with Crippen molar-refractivity contribution in [2.75, 3.05) is 4.90 Å². The number of carbonyl (C=O) groups is 2. The summed E-state index contributed by atoms with van der Waals surface area (Å²) in [7, 11) is 0. The van der Waals surface area contributed by atoms with Gasteiger partial charge in [0.25, 0.3) is 17.5 Å². The number of hydrogen-bond acceptors (Lipinski definition) is 5. The first-order chi connectivity index (χ1) is 12.8. The van der Waals surface area contributed by atoms with E-state index in [1.807, 2.05) is 0 Å². The van der Waals surface area contributed by atoms with E-state index >= 15 is 0 Å². The largest absolute Gasteiger partial charge is 0.298 e. The van der Waals surface area contributed by atoms with Crippen LogP contribution in [0.5, 0.6) is 0 Å². The predicted molar refractivity (Wildman–Crippen MR) is 101 cm³/mol. The molecule has 1 fully saturated rings. The number of nitro benzene ring substituents is 1. The van der Waals surface area contributed by atoms with Gasteiger partial charge in [-0.05, 0) is 36.5 Å². The van der Waals surface area contributed by atoms with Crippen LogP contribution in [0.25, 0.3) is 6.08 Å². The molecule has 1 N–H and O–H groups in total. The molecule has 3 rings (SSSR count). The highest BCUT2D eigenvalue weighted by molar-refractivity contribution is 7.80. The van der Waals surface area contributed by atoms with E-state index in [1.54, 1.807) is 0 Å². The molecular formula is C17H9ClFN3O4S. The van der Waals surface area contributed by atoms with Crippen molar-refractivity contribution in [2.24, 2.45) is 0 Å². The van der Waals surface area contributed by atoms with E-state index in [1.165, 1.54) is 30.3 Å². The Hall–Kier alpha value is -3.17. The lowest BCUT2D eigenvalue weighted by Gasteiger charge is -2.29. The maximum atomic E-state index is 14.1. The smallest absolute Gasteiger partial charge is 0.270 e. The molecule has 136 valence electrons. The van der Waals surface area contributed by atoms with Gasteiger partial charge in [0.05, 0.1) is 10.6 Å². The second-order valence-electron chi connectivity index (χ2n) is 5.37. The van der Waals surface area contributed by atoms with Crippen molar-refractivity contribution in [2.45, 2.75) is 0 Å². The Labute approximate surface area is 162 Å². The van der Waals surface area contributed by atoms with Crippen molar-refractivity contribution >= 4 is 58.2 Å². The fourth-order valence-corrected chi connectivity index (χ4v) is 2.87. The minimum atomic E-state index is -0.878. The van der Waals surface area contributed by atoms with Gasteiger partial charge in [-0.2, -0.15) is 0 Å². The van der Waals surface area contributed by atoms with Crippen LogP contribution in [0.4, 0.5) is 15.8 Å². The lowest BCUT2D eigenvalue weighted by Crippen LogP contribution is -2.54. The van der Waals surface area contributed by atoms with E-state index in [4.69, 9.17) is 23.8 Å². The van der Waals surface area contributed by atoms with Crippen molar-refractivity contribution in [1.29, 1.82) is 0 Å². The summed E-state index contributed by atoms with van der Waals surface area (Å²) in [4.78, 5) is 36.2. The summed E-state index contributed by atoms with van der Waals surface area (Å²) >= 11 is 11.0. The zero-order valence-corrected chi connectivity index (χ0v) is 14.9. The topological polar surface area (TPSA) is 92.6 Å². The van der Waals surface area contributed by atoms with Crippen LogP contribution in [0.1, 0.15) is 5.56 Å². The number of benzene rings is 2. The fraction of sp³-hybridized carbons (Fsp3) is 0. The number of hydrogen-bond donors (Lipinski definition) is 1. The number of halogens is 2. The molecule has 27 heavy (non-hydrogen) atoms. The third-order valence-corrected chi connectivity index (χ3v) is 4.31. The van der Waals surface area contributed by atoms with Gasteiger partial charge in [-0.3, -0.25) is 25.0 Å². The summed E-state index contributed by atoms with van der Waals surface area (Å²) in [6, 6.07) is 9.00. The van der Waals surface area contributed by atoms with Gasteiger partial charge in [-0.1, -0.05) is 23.7 Å². The molecule has 10 heteroatoms. The standard InChI is InChI=1S/C17H9ClFN3O4S/c18-12-6-5-10(22(25)26)7-9(12)8-11-15(23)20-17(27)21(16(11)24)14-4-2-1-3-13(14)19/h1-8H,(H,20,23,27)/b11-8+. The number of amides is 2. The molecule has 2 amide bonds. The second kappa shape index (κ2) is 7.22. The average molecular weight is 406 g/mol. The van der Waals surface area contributed by atoms with Gasteiger partial charge in [-0.15, -0.1) is 0 Å². The van der Waals surface area contributed by atoms with Crippen LogP contribution >= 0.6 is 23.8 Å². The van der Waals surface area contributed by atoms with Gasteiger partial charge in [0.2, 0.25) is 0 Å². The van der Waals surface area contributed by atoms with E-state index in [-0.39, 0.29) is 27.1 Å². The average Bonchev–Trinajstić information content (AvgIpc) is 2.61. The summed E-state index contributed by atoms with van der Waals surface area (Å²) in [5, 5.41) is 13.0. The molecule has 1 aliphatic heterocycles. The Bertz CT molecular complexity index is 1040. The van der Waals surface area contributed by atoms with E-state index < -0.39 is 28.1 Å². The van der Waals surface area contributed by atoms with E-state index in [2.05, 4.69) is 5.32 Å². The van der Waals surface area contributed by atoms with Crippen molar-refractivity contribution in [1.82, 2.24) is 5.32 Å². The third kappa shape index (κ3) is 3.55. The molecule has 2 aromatic carbocycles. The molecule has 0 aliphatic carbocycles. The second-order valence-corrected chi connectivity index (χ2v) is 6.17. The first-order valence-corrected chi connectivity index (χ1v) is 8.18. The number of carbonyl (C=O) groups excluding carboxylic acids is 2. The van der Waals surface area contributed by atoms with Crippen molar-refractivity contribution < 1.29 is 18.9 Å². The summed E-state index contributed by atoms with van der Waals surface area (Å²) in [6.45, 7) is 0. The number of rotatable bonds is 3. The third-order valence-electron chi connectivity index (χ3n) is 3.69.